The van der Waals surface area contributed by atoms with E-state index in [-0.39, 0.29) is 5.56 Å². The van der Waals surface area contributed by atoms with E-state index < -0.39 is 5.97 Å². The topological polar surface area (TPSA) is 77.9 Å². The minimum atomic E-state index is -1.06. The summed E-state index contributed by atoms with van der Waals surface area (Å²) in [6.07, 6.45) is 0. The Morgan fingerprint density at radius 3 is 2.32 bits per heavy atom. The van der Waals surface area contributed by atoms with Gasteiger partial charge in [-0.2, -0.15) is 0 Å². The third kappa shape index (κ3) is 2.94. The lowest BCUT2D eigenvalue weighted by Gasteiger charge is -2.13. The average Bonchev–Trinajstić information content (AvgIpc) is 2.65. The van der Waals surface area contributed by atoms with Crippen LogP contribution in [-0.2, 0) is 0 Å². The van der Waals surface area contributed by atoms with Crippen molar-refractivity contribution in [1.29, 1.82) is 0 Å². The maximum Gasteiger partial charge on any atom is 0.336 e. The molecule has 3 rings (SSSR count). The van der Waals surface area contributed by atoms with E-state index in [0.29, 0.717) is 39.4 Å². The lowest BCUT2D eigenvalue weighted by Crippen LogP contribution is -2.03. The van der Waals surface area contributed by atoms with Gasteiger partial charge in [0, 0.05) is 17.7 Å². The lowest BCUT2D eigenvalue weighted by molar-refractivity contribution is 0.0698. The van der Waals surface area contributed by atoms with Crippen LogP contribution in [0.25, 0.3) is 22.2 Å². The molecule has 0 aliphatic carbocycles. The Kier molecular flexibility index (Phi) is 4.43. The number of pyridine rings is 1. The van der Waals surface area contributed by atoms with Crippen LogP contribution in [0.5, 0.6) is 17.2 Å². The van der Waals surface area contributed by atoms with Gasteiger partial charge in [-0.1, -0.05) is 12.1 Å². The molecule has 0 amide bonds. The van der Waals surface area contributed by atoms with Crippen LogP contribution in [0.3, 0.4) is 0 Å². The van der Waals surface area contributed by atoms with E-state index in [0.717, 1.165) is 0 Å². The molecule has 6 heteroatoms. The largest absolute Gasteiger partial charge is 0.497 e. The molecule has 0 unspecified atom stereocenters. The molecule has 0 fully saturated rings. The monoisotopic (exact) mass is 339 g/mol. The van der Waals surface area contributed by atoms with Crippen LogP contribution in [0.2, 0.25) is 0 Å². The Bertz CT molecular complexity index is 952. The number of ether oxygens (including phenoxy) is 3. The first-order valence-corrected chi connectivity index (χ1v) is 7.52. The van der Waals surface area contributed by atoms with Gasteiger partial charge < -0.3 is 19.3 Å². The normalized spacial score (nSPS) is 10.5. The van der Waals surface area contributed by atoms with E-state index in [4.69, 9.17) is 14.2 Å². The zero-order valence-electron chi connectivity index (χ0n) is 14.1. The van der Waals surface area contributed by atoms with Crippen molar-refractivity contribution in [3.05, 3.63) is 48.0 Å². The van der Waals surface area contributed by atoms with Crippen LogP contribution in [0.1, 0.15) is 10.4 Å². The van der Waals surface area contributed by atoms with E-state index >= 15 is 0 Å². The number of carboxylic acids is 1. The average molecular weight is 339 g/mol. The number of nitrogens with zero attached hydrogens (tertiary/aromatic N) is 1. The molecule has 0 radical (unpaired) electrons. The van der Waals surface area contributed by atoms with Crippen molar-refractivity contribution in [2.45, 2.75) is 0 Å². The van der Waals surface area contributed by atoms with E-state index in [1.165, 1.54) is 20.3 Å². The van der Waals surface area contributed by atoms with Crippen LogP contribution in [0.15, 0.2) is 42.5 Å². The summed E-state index contributed by atoms with van der Waals surface area (Å²) in [7, 11) is 4.57. The number of carbonyl (C=O) groups is 1. The standard InChI is InChI=1S/C19H17NO5/c1-23-11-8-15-18(17(9-11)25-3)13(19(21)22)10-14(20-15)12-6-4-5-7-16(12)24-2/h4-10H,1-3H3,(H,21,22). The molecule has 2 aromatic carbocycles. The molecule has 1 N–H and O–H groups in total. The zero-order chi connectivity index (χ0) is 18.0. The van der Waals surface area contributed by atoms with Crippen molar-refractivity contribution in [3.8, 4) is 28.5 Å². The maximum absolute atomic E-state index is 11.8. The minimum Gasteiger partial charge on any atom is -0.497 e. The van der Waals surface area contributed by atoms with E-state index in [9.17, 15) is 9.90 Å². The number of aromatic carboxylic acids is 1. The molecule has 1 aromatic heterocycles. The van der Waals surface area contributed by atoms with Gasteiger partial charge in [0.2, 0.25) is 0 Å². The van der Waals surface area contributed by atoms with Gasteiger partial charge in [0.25, 0.3) is 0 Å². The van der Waals surface area contributed by atoms with Crippen LogP contribution in [0.4, 0.5) is 0 Å². The predicted octanol–water partition coefficient (Wildman–Crippen LogP) is 3.63. The third-order valence-electron chi connectivity index (χ3n) is 3.92. The molecular weight excluding hydrogens is 322 g/mol. The van der Waals surface area contributed by atoms with Gasteiger partial charge in [0.05, 0.1) is 43.5 Å². The number of fused-ring (bicyclic) bond motifs is 1. The van der Waals surface area contributed by atoms with Crippen molar-refractivity contribution in [2.24, 2.45) is 0 Å². The van der Waals surface area contributed by atoms with Crippen molar-refractivity contribution in [3.63, 3.8) is 0 Å². The third-order valence-corrected chi connectivity index (χ3v) is 3.92. The number of carboxylic acid groups (broad SMARTS) is 1. The molecule has 3 aromatic rings. The van der Waals surface area contributed by atoms with Crippen LogP contribution in [-0.4, -0.2) is 37.4 Å². The van der Waals surface area contributed by atoms with Crippen molar-refractivity contribution < 1.29 is 24.1 Å². The van der Waals surface area contributed by atoms with E-state index in [2.05, 4.69) is 4.98 Å². The number of aromatic nitrogens is 1. The first-order chi connectivity index (χ1) is 12.1. The maximum atomic E-state index is 11.8. The fourth-order valence-electron chi connectivity index (χ4n) is 2.75. The second kappa shape index (κ2) is 6.68. The molecule has 25 heavy (non-hydrogen) atoms. The van der Waals surface area contributed by atoms with Crippen LogP contribution >= 0.6 is 0 Å². The highest BCUT2D eigenvalue weighted by Gasteiger charge is 2.19. The van der Waals surface area contributed by atoms with Crippen LogP contribution < -0.4 is 14.2 Å². The lowest BCUT2D eigenvalue weighted by atomic mass is 10.0. The Morgan fingerprint density at radius 1 is 0.960 bits per heavy atom. The van der Waals surface area contributed by atoms with E-state index in [1.54, 1.807) is 25.3 Å². The highest BCUT2D eigenvalue weighted by atomic mass is 16.5. The molecule has 128 valence electrons. The zero-order valence-corrected chi connectivity index (χ0v) is 14.1. The summed E-state index contributed by atoms with van der Waals surface area (Å²) in [4.78, 5) is 16.4. The fourth-order valence-corrected chi connectivity index (χ4v) is 2.75. The summed E-state index contributed by atoms with van der Waals surface area (Å²) in [5, 5.41) is 10.1. The van der Waals surface area contributed by atoms with Gasteiger partial charge in [0.15, 0.2) is 0 Å². The molecule has 0 saturated heterocycles. The highest BCUT2D eigenvalue weighted by molar-refractivity contribution is 6.07. The van der Waals surface area contributed by atoms with Gasteiger partial charge in [-0.05, 0) is 18.2 Å². The molecule has 0 aliphatic heterocycles. The Labute approximate surface area is 144 Å². The summed E-state index contributed by atoms with van der Waals surface area (Å²) in [6, 6.07) is 12.2. The number of rotatable bonds is 5. The minimum absolute atomic E-state index is 0.102. The summed E-state index contributed by atoms with van der Waals surface area (Å²) >= 11 is 0. The van der Waals surface area contributed by atoms with Gasteiger partial charge in [-0.3, -0.25) is 0 Å². The summed E-state index contributed by atoms with van der Waals surface area (Å²) in [5.74, 6) is 0.476. The Hall–Kier alpha value is -3.28. The highest BCUT2D eigenvalue weighted by Crippen LogP contribution is 2.36. The molecular formula is C19H17NO5. The van der Waals surface area contributed by atoms with Crippen molar-refractivity contribution in [1.82, 2.24) is 4.98 Å². The van der Waals surface area contributed by atoms with Gasteiger partial charge in [-0.15, -0.1) is 0 Å². The molecule has 0 aliphatic rings. The number of hydrogen-bond donors (Lipinski definition) is 1. The second-order valence-electron chi connectivity index (χ2n) is 5.28. The summed E-state index contributed by atoms with van der Waals surface area (Å²) in [5.41, 5.74) is 1.77. The SMILES string of the molecule is COc1cc(OC)c2c(C(=O)O)cc(-c3ccccc3OC)nc2c1. The quantitative estimate of drug-likeness (QED) is 0.765. The molecule has 0 saturated carbocycles. The molecule has 0 spiro atoms. The van der Waals surface area contributed by atoms with Gasteiger partial charge in [-0.25, -0.2) is 9.78 Å². The van der Waals surface area contributed by atoms with Gasteiger partial charge >= 0.3 is 5.97 Å². The number of benzene rings is 2. The van der Waals surface area contributed by atoms with Gasteiger partial charge in [0.1, 0.15) is 17.2 Å². The molecule has 0 bridgehead atoms. The van der Waals surface area contributed by atoms with Crippen molar-refractivity contribution >= 4 is 16.9 Å². The Morgan fingerprint density at radius 2 is 1.68 bits per heavy atom. The molecule has 0 atom stereocenters. The summed E-state index contributed by atoms with van der Waals surface area (Å²) in [6.45, 7) is 0. The smallest absolute Gasteiger partial charge is 0.336 e. The molecule has 6 nitrogen and oxygen atoms in total. The second-order valence-corrected chi connectivity index (χ2v) is 5.28. The fraction of sp³-hybridized carbons (Fsp3) is 0.158. The number of para-hydroxylation sites is 1. The molecule has 1 heterocycles. The first kappa shape index (κ1) is 16.6. The Balaban J connectivity index is 2.38. The number of methoxy groups -OCH3 is 3. The van der Waals surface area contributed by atoms with E-state index in [1.807, 2.05) is 18.2 Å². The summed E-state index contributed by atoms with van der Waals surface area (Å²) < 4.78 is 16.0. The first-order valence-electron chi connectivity index (χ1n) is 7.52. The van der Waals surface area contributed by atoms with Crippen LogP contribution in [0, 0.1) is 0 Å². The van der Waals surface area contributed by atoms with Crippen molar-refractivity contribution in [2.75, 3.05) is 21.3 Å². The number of hydrogen-bond acceptors (Lipinski definition) is 5. The predicted molar refractivity (Wildman–Crippen MR) is 93.8 cm³/mol.